The van der Waals surface area contributed by atoms with Crippen LogP contribution in [0.2, 0.25) is 0 Å². The monoisotopic (exact) mass is 423 g/mol. The number of benzene rings is 1. The van der Waals surface area contributed by atoms with Crippen molar-refractivity contribution in [1.82, 2.24) is 9.62 Å². The highest BCUT2D eigenvalue weighted by molar-refractivity contribution is 7.89. The van der Waals surface area contributed by atoms with Crippen molar-refractivity contribution in [3.63, 3.8) is 0 Å². The number of sulfonamides is 1. The summed E-state index contributed by atoms with van der Waals surface area (Å²) in [7, 11) is -2.34. The van der Waals surface area contributed by atoms with Gasteiger partial charge in [0.2, 0.25) is 15.9 Å². The molecule has 1 aliphatic heterocycles. The van der Waals surface area contributed by atoms with Gasteiger partial charge in [0.15, 0.2) is 0 Å². The molecule has 1 saturated heterocycles. The number of nitrogens with one attached hydrogen (secondary N) is 2. The van der Waals surface area contributed by atoms with Gasteiger partial charge in [-0.1, -0.05) is 12.8 Å². The Balaban J connectivity index is 2.13. The molecule has 0 aromatic heterocycles. The zero-order chi connectivity index (χ0) is 20.8. The van der Waals surface area contributed by atoms with Crippen LogP contribution in [0.5, 0.6) is 5.75 Å². The molecule has 2 rings (SSSR count). The highest BCUT2D eigenvalue weighted by atomic mass is 32.2. The number of hydrogen-bond donors (Lipinski definition) is 2. The maximum Gasteiger partial charge on any atom is 0.405 e. The molecular weight excluding hydrogens is 399 g/mol. The quantitative estimate of drug-likeness (QED) is 0.703. The number of anilines is 1. The number of amides is 1. The van der Waals surface area contributed by atoms with Crippen molar-refractivity contribution in [2.24, 2.45) is 0 Å². The molecule has 1 fully saturated rings. The molecule has 1 heterocycles. The summed E-state index contributed by atoms with van der Waals surface area (Å²) in [5, 5.41) is 4.38. The second-order valence-corrected chi connectivity index (χ2v) is 8.36. The van der Waals surface area contributed by atoms with Crippen LogP contribution in [0.3, 0.4) is 0 Å². The van der Waals surface area contributed by atoms with Gasteiger partial charge in [-0.25, -0.2) is 8.42 Å². The lowest BCUT2D eigenvalue weighted by molar-refractivity contribution is -0.137. The van der Waals surface area contributed by atoms with Crippen LogP contribution in [-0.2, 0) is 14.8 Å². The number of nitrogens with zero attached hydrogens (tertiary/aromatic N) is 1. The van der Waals surface area contributed by atoms with Crippen molar-refractivity contribution in [3.05, 3.63) is 18.2 Å². The Morgan fingerprint density at radius 3 is 2.39 bits per heavy atom. The van der Waals surface area contributed by atoms with E-state index in [1.54, 1.807) is 5.32 Å². The van der Waals surface area contributed by atoms with Crippen LogP contribution in [0, 0.1) is 0 Å². The maximum absolute atomic E-state index is 12.9. The van der Waals surface area contributed by atoms with Crippen LogP contribution in [-0.4, -0.2) is 58.1 Å². The van der Waals surface area contributed by atoms with E-state index < -0.39 is 35.2 Å². The molecular formula is C17H24F3N3O4S. The van der Waals surface area contributed by atoms with Gasteiger partial charge in [0.1, 0.15) is 12.3 Å². The number of ether oxygens (including phenoxy) is 1. The zero-order valence-electron chi connectivity index (χ0n) is 15.5. The molecule has 0 atom stereocenters. The predicted octanol–water partition coefficient (Wildman–Crippen LogP) is 2.35. The molecule has 0 radical (unpaired) electrons. The van der Waals surface area contributed by atoms with Crippen molar-refractivity contribution in [2.45, 2.75) is 36.8 Å². The Hall–Kier alpha value is -2.01. The summed E-state index contributed by atoms with van der Waals surface area (Å²) in [6, 6.07) is 4.19. The van der Waals surface area contributed by atoms with Gasteiger partial charge >= 0.3 is 6.18 Å². The number of hydrogen-bond acceptors (Lipinski definition) is 5. The van der Waals surface area contributed by atoms with Crippen molar-refractivity contribution in [1.29, 1.82) is 0 Å². The van der Waals surface area contributed by atoms with E-state index >= 15 is 0 Å². The number of carbonyl (C=O) groups is 1. The van der Waals surface area contributed by atoms with Crippen molar-refractivity contribution >= 4 is 21.6 Å². The van der Waals surface area contributed by atoms with Crippen LogP contribution >= 0.6 is 0 Å². The minimum atomic E-state index is -4.51. The van der Waals surface area contributed by atoms with E-state index in [0.29, 0.717) is 13.1 Å². The molecule has 0 aliphatic carbocycles. The van der Waals surface area contributed by atoms with Crippen LogP contribution in [0.1, 0.15) is 25.7 Å². The highest BCUT2D eigenvalue weighted by Gasteiger charge is 2.28. The molecule has 1 aromatic carbocycles. The van der Waals surface area contributed by atoms with Gasteiger partial charge in [0.25, 0.3) is 0 Å². The summed E-state index contributed by atoms with van der Waals surface area (Å²) < 4.78 is 68.9. The lowest BCUT2D eigenvalue weighted by atomic mass is 10.2. The second kappa shape index (κ2) is 9.46. The van der Waals surface area contributed by atoms with Crippen LogP contribution in [0.25, 0.3) is 0 Å². The topological polar surface area (TPSA) is 87.7 Å². The first-order valence-electron chi connectivity index (χ1n) is 8.89. The molecule has 11 heteroatoms. The molecule has 7 nitrogen and oxygen atoms in total. The average molecular weight is 423 g/mol. The smallest absolute Gasteiger partial charge is 0.405 e. The first kappa shape index (κ1) is 22.3. The van der Waals surface area contributed by atoms with E-state index in [2.05, 4.69) is 5.32 Å². The van der Waals surface area contributed by atoms with E-state index in [0.717, 1.165) is 25.7 Å². The predicted molar refractivity (Wildman–Crippen MR) is 97.8 cm³/mol. The standard InChI is InChI=1S/C17H24F3N3O4S/c1-27-15-7-6-13(28(25,26)23-8-4-2-3-5-9-23)10-14(15)21-11-16(24)22-12-17(18,19)20/h6-7,10,21H,2-5,8-9,11-12H2,1H3,(H,22,24). The lowest BCUT2D eigenvalue weighted by Gasteiger charge is -2.21. The summed E-state index contributed by atoms with van der Waals surface area (Å²) in [6.45, 7) is -1.01. The van der Waals surface area contributed by atoms with Crippen molar-refractivity contribution in [3.8, 4) is 5.75 Å². The van der Waals surface area contributed by atoms with Gasteiger partial charge in [-0.15, -0.1) is 0 Å². The number of alkyl halides is 3. The van der Waals surface area contributed by atoms with E-state index in [-0.39, 0.29) is 16.3 Å². The second-order valence-electron chi connectivity index (χ2n) is 6.43. The third-order valence-corrected chi connectivity index (χ3v) is 6.19. The summed E-state index contributed by atoms with van der Waals surface area (Å²) in [6.07, 6.45) is -0.961. The van der Waals surface area contributed by atoms with Crippen LogP contribution in [0.15, 0.2) is 23.1 Å². The molecule has 0 spiro atoms. The largest absolute Gasteiger partial charge is 0.495 e. The first-order valence-corrected chi connectivity index (χ1v) is 10.3. The summed E-state index contributed by atoms with van der Waals surface area (Å²) in [5.41, 5.74) is 0.209. The molecule has 2 N–H and O–H groups in total. The first-order chi connectivity index (χ1) is 13.1. The molecule has 28 heavy (non-hydrogen) atoms. The van der Waals surface area contributed by atoms with Crippen molar-refractivity contribution in [2.75, 3.05) is 38.6 Å². The molecule has 0 unspecified atom stereocenters. The minimum absolute atomic E-state index is 0.0356. The summed E-state index contributed by atoms with van der Waals surface area (Å²) in [4.78, 5) is 11.6. The Bertz CT molecular complexity index is 776. The van der Waals surface area contributed by atoms with Gasteiger partial charge in [0, 0.05) is 13.1 Å². The number of carbonyl (C=O) groups excluding carboxylic acids is 1. The molecule has 1 aromatic rings. The van der Waals surface area contributed by atoms with E-state index in [9.17, 15) is 26.4 Å². The molecule has 0 bridgehead atoms. The van der Waals surface area contributed by atoms with Crippen LogP contribution in [0.4, 0.5) is 18.9 Å². The summed E-state index contributed by atoms with van der Waals surface area (Å²) >= 11 is 0. The molecule has 1 aliphatic rings. The fourth-order valence-corrected chi connectivity index (χ4v) is 4.40. The Labute approximate surface area is 162 Å². The lowest BCUT2D eigenvalue weighted by Crippen LogP contribution is -2.37. The molecule has 158 valence electrons. The van der Waals surface area contributed by atoms with Gasteiger partial charge in [-0.05, 0) is 31.0 Å². The number of rotatable bonds is 7. The Morgan fingerprint density at radius 2 is 1.82 bits per heavy atom. The Kier molecular flexibility index (Phi) is 7.53. The van der Waals surface area contributed by atoms with E-state index in [1.165, 1.54) is 29.6 Å². The van der Waals surface area contributed by atoms with Gasteiger partial charge in [0.05, 0.1) is 24.2 Å². The van der Waals surface area contributed by atoms with Gasteiger partial charge in [-0.2, -0.15) is 17.5 Å². The number of methoxy groups -OCH3 is 1. The van der Waals surface area contributed by atoms with E-state index in [1.807, 2.05) is 0 Å². The molecule has 1 amide bonds. The van der Waals surface area contributed by atoms with E-state index in [4.69, 9.17) is 4.74 Å². The minimum Gasteiger partial charge on any atom is -0.495 e. The van der Waals surface area contributed by atoms with Gasteiger partial charge in [-0.3, -0.25) is 4.79 Å². The average Bonchev–Trinajstić information content (AvgIpc) is 2.93. The highest BCUT2D eigenvalue weighted by Crippen LogP contribution is 2.29. The Morgan fingerprint density at radius 1 is 1.18 bits per heavy atom. The SMILES string of the molecule is COc1ccc(S(=O)(=O)N2CCCCCC2)cc1NCC(=O)NCC(F)(F)F. The van der Waals surface area contributed by atoms with Crippen LogP contribution < -0.4 is 15.4 Å². The summed E-state index contributed by atoms with van der Waals surface area (Å²) in [5.74, 6) is -0.599. The zero-order valence-corrected chi connectivity index (χ0v) is 16.3. The molecule has 0 saturated carbocycles. The normalized spacial score (nSPS) is 16.3. The third-order valence-electron chi connectivity index (χ3n) is 4.30. The van der Waals surface area contributed by atoms with Crippen molar-refractivity contribution < 1.29 is 31.1 Å². The van der Waals surface area contributed by atoms with Gasteiger partial charge < -0.3 is 15.4 Å². The number of halogens is 3. The maximum atomic E-state index is 12.9. The third kappa shape index (κ3) is 6.26. The fourth-order valence-electron chi connectivity index (χ4n) is 2.85. The fraction of sp³-hybridized carbons (Fsp3) is 0.588.